The van der Waals surface area contributed by atoms with E-state index in [0.29, 0.717) is 5.69 Å². The van der Waals surface area contributed by atoms with Crippen LogP contribution in [0.25, 0.3) is 0 Å². The van der Waals surface area contributed by atoms with Crippen molar-refractivity contribution in [2.24, 2.45) is 0 Å². The Morgan fingerprint density at radius 3 is 2.80 bits per heavy atom. The van der Waals surface area contributed by atoms with E-state index in [-0.39, 0.29) is 6.61 Å². The van der Waals surface area contributed by atoms with Crippen LogP contribution in [-0.4, -0.2) is 34.8 Å². The summed E-state index contributed by atoms with van der Waals surface area (Å²) in [4.78, 5) is 27.0. The number of anilines is 1. The molecule has 1 amide bonds. The van der Waals surface area contributed by atoms with E-state index in [1.54, 1.807) is 12.1 Å². The highest BCUT2D eigenvalue weighted by Gasteiger charge is 2.39. The van der Waals surface area contributed by atoms with Crippen molar-refractivity contribution < 1.29 is 19.4 Å². The van der Waals surface area contributed by atoms with Crippen LogP contribution in [0.15, 0.2) is 24.5 Å². The smallest absolute Gasteiger partial charge is 0.415 e. The maximum atomic E-state index is 11.3. The molecule has 1 aromatic rings. The van der Waals surface area contributed by atoms with Crippen molar-refractivity contribution in [2.75, 3.05) is 11.5 Å². The Morgan fingerprint density at radius 1 is 1.53 bits per heavy atom. The summed E-state index contributed by atoms with van der Waals surface area (Å²) in [6.07, 6.45) is 2.33. The molecule has 2 heterocycles. The minimum Gasteiger partial charge on any atom is -0.480 e. The SMILES string of the molecule is O=C(O)C1COC(=O)N1c1ccncc1. The number of nitrogens with zero attached hydrogens (tertiary/aromatic N) is 2. The number of carbonyl (C=O) groups is 2. The molecule has 1 aliphatic rings. The lowest BCUT2D eigenvalue weighted by molar-refractivity contribution is -0.138. The predicted octanol–water partition coefficient (Wildman–Crippen LogP) is 0.491. The van der Waals surface area contributed by atoms with Crippen molar-refractivity contribution in [3.63, 3.8) is 0 Å². The molecule has 1 N–H and O–H groups in total. The molecule has 0 radical (unpaired) electrons. The first-order valence-corrected chi connectivity index (χ1v) is 4.29. The lowest BCUT2D eigenvalue weighted by Gasteiger charge is -2.17. The van der Waals surface area contributed by atoms with E-state index in [9.17, 15) is 9.59 Å². The van der Waals surface area contributed by atoms with E-state index >= 15 is 0 Å². The molecule has 0 saturated carbocycles. The number of cyclic esters (lactones) is 1. The summed E-state index contributed by atoms with van der Waals surface area (Å²) in [6, 6.07) is 2.16. The number of rotatable bonds is 2. The number of pyridine rings is 1. The molecular weight excluding hydrogens is 200 g/mol. The van der Waals surface area contributed by atoms with Gasteiger partial charge >= 0.3 is 12.1 Å². The lowest BCUT2D eigenvalue weighted by atomic mass is 10.2. The summed E-state index contributed by atoms with van der Waals surface area (Å²) in [7, 11) is 0. The number of ether oxygens (including phenoxy) is 1. The van der Waals surface area contributed by atoms with Gasteiger partial charge in [-0.3, -0.25) is 9.88 Å². The van der Waals surface area contributed by atoms with Gasteiger partial charge in [0.2, 0.25) is 0 Å². The van der Waals surface area contributed by atoms with Crippen molar-refractivity contribution >= 4 is 17.7 Å². The molecule has 6 heteroatoms. The number of amides is 1. The fourth-order valence-electron chi connectivity index (χ4n) is 1.39. The fourth-order valence-corrected chi connectivity index (χ4v) is 1.39. The monoisotopic (exact) mass is 208 g/mol. The second-order valence-corrected chi connectivity index (χ2v) is 3.01. The molecular formula is C9H8N2O4. The van der Waals surface area contributed by atoms with E-state index in [0.717, 1.165) is 4.90 Å². The van der Waals surface area contributed by atoms with Gasteiger partial charge < -0.3 is 9.84 Å². The summed E-state index contributed by atoms with van der Waals surface area (Å²) in [5, 5.41) is 8.87. The first-order chi connectivity index (χ1) is 7.20. The summed E-state index contributed by atoms with van der Waals surface area (Å²) in [5.41, 5.74) is 0.472. The van der Waals surface area contributed by atoms with Gasteiger partial charge in [-0.05, 0) is 12.1 Å². The van der Waals surface area contributed by atoms with Crippen LogP contribution >= 0.6 is 0 Å². The summed E-state index contributed by atoms with van der Waals surface area (Å²) in [6.45, 7) is -0.128. The highest BCUT2D eigenvalue weighted by atomic mass is 16.6. The Balaban J connectivity index is 2.33. The van der Waals surface area contributed by atoms with Gasteiger partial charge in [0.25, 0.3) is 0 Å². The number of aliphatic carboxylic acids is 1. The van der Waals surface area contributed by atoms with Gasteiger partial charge in [0, 0.05) is 12.4 Å². The third kappa shape index (κ3) is 1.61. The van der Waals surface area contributed by atoms with Crippen LogP contribution in [0.4, 0.5) is 10.5 Å². The van der Waals surface area contributed by atoms with Crippen molar-refractivity contribution in [3.05, 3.63) is 24.5 Å². The van der Waals surface area contributed by atoms with E-state index in [1.807, 2.05) is 0 Å². The molecule has 2 rings (SSSR count). The van der Waals surface area contributed by atoms with E-state index in [2.05, 4.69) is 9.72 Å². The third-order valence-corrected chi connectivity index (χ3v) is 2.10. The molecule has 0 bridgehead atoms. The van der Waals surface area contributed by atoms with Gasteiger partial charge in [-0.25, -0.2) is 9.59 Å². The normalized spacial score (nSPS) is 20.1. The zero-order valence-corrected chi connectivity index (χ0v) is 7.66. The summed E-state index contributed by atoms with van der Waals surface area (Å²) >= 11 is 0. The number of carbonyl (C=O) groups excluding carboxylic acids is 1. The molecule has 78 valence electrons. The molecule has 15 heavy (non-hydrogen) atoms. The molecule has 1 atom stereocenters. The van der Waals surface area contributed by atoms with Crippen LogP contribution in [0.3, 0.4) is 0 Å². The number of carboxylic acids is 1. The van der Waals surface area contributed by atoms with Gasteiger partial charge in [-0.1, -0.05) is 0 Å². The number of hydrogen-bond donors (Lipinski definition) is 1. The zero-order chi connectivity index (χ0) is 10.8. The molecule has 0 aliphatic carbocycles. The van der Waals surface area contributed by atoms with E-state index in [4.69, 9.17) is 5.11 Å². The number of hydrogen-bond acceptors (Lipinski definition) is 4. The van der Waals surface area contributed by atoms with E-state index < -0.39 is 18.1 Å². The van der Waals surface area contributed by atoms with Crippen molar-refractivity contribution in [3.8, 4) is 0 Å². The quantitative estimate of drug-likeness (QED) is 0.765. The zero-order valence-electron chi connectivity index (χ0n) is 7.66. The van der Waals surface area contributed by atoms with Gasteiger partial charge in [0.05, 0.1) is 5.69 Å². The fraction of sp³-hybridized carbons (Fsp3) is 0.222. The average molecular weight is 208 g/mol. The molecule has 6 nitrogen and oxygen atoms in total. The standard InChI is InChI=1S/C9H8N2O4/c12-8(13)7-5-15-9(14)11(7)6-1-3-10-4-2-6/h1-4,7H,5H2,(H,12,13). The van der Waals surface area contributed by atoms with Gasteiger partial charge in [0.15, 0.2) is 6.04 Å². The summed E-state index contributed by atoms with van der Waals surface area (Å²) in [5.74, 6) is -1.09. The molecule has 0 aromatic carbocycles. The van der Waals surface area contributed by atoms with Crippen LogP contribution in [0.5, 0.6) is 0 Å². The van der Waals surface area contributed by atoms with Crippen LogP contribution in [0.1, 0.15) is 0 Å². The highest BCUT2D eigenvalue weighted by molar-refractivity contribution is 5.97. The molecule has 0 spiro atoms. The van der Waals surface area contributed by atoms with Gasteiger partial charge in [-0.2, -0.15) is 0 Å². The van der Waals surface area contributed by atoms with Crippen LogP contribution in [0.2, 0.25) is 0 Å². The summed E-state index contributed by atoms with van der Waals surface area (Å²) < 4.78 is 4.68. The third-order valence-electron chi connectivity index (χ3n) is 2.10. The van der Waals surface area contributed by atoms with Crippen molar-refractivity contribution in [1.29, 1.82) is 0 Å². The average Bonchev–Trinajstić information content (AvgIpc) is 2.61. The maximum Gasteiger partial charge on any atom is 0.415 e. The van der Waals surface area contributed by atoms with Gasteiger partial charge in [0.1, 0.15) is 6.61 Å². The molecule has 1 aliphatic heterocycles. The Labute approximate surface area is 85.1 Å². The highest BCUT2D eigenvalue weighted by Crippen LogP contribution is 2.22. The largest absolute Gasteiger partial charge is 0.480 e. The molecule has 1 saturated heterocycles. The van der Waals surface area contributed by atoms with Crippen molar-refractivity contribution in [2.45, 2.75) is 6.04 Å². The van der Waals surface area contributed by atoms with Crippen molar-refractivity contribution in [1.82, 2.24) is 4.98 Å². The van der Waals surface area contributed by atoms with Crippen LogP contribution in [-0.2, 0) is 9.53 Å². The second-order valence-electron chi connectivity index (χ2n) is 3.01. The predicted molar refractivity (Wildman–Crippen MR) is 49.5 cm³/mol. The first-order valence-electron chi connectivity index (χ1n) is 4.29. The Kier molecular flexibility index (Phi) is 2.24. The Bertz CT molecular complexity index is 392. The minimum atomic E-state index is -1.09. The van der Waals surface area contributed by atoms with E-state index in [1.165, 1.54) is 12.4 Å². The van der Waals surface area contributed by atoms with Gasteiger partial charge in [-0.15, -0.1) is 0 Å². The maximum absolute atomic E-state index is 11.3. The number of aromatic nitrogens is 1. The lowest BCUT2D eigenvalue weighted by Crippen LogP contribution is -2.39. The van der Waals surface area contributed by atoms with Crippen LogP contribution < -0.4 is 4.90 Å². The second kappa shape index (κ2) is 3.56. The Morgan fingerprint density at radius 2 is 2.20 bits per heavy atom. The Hall–Kier alpha value is -2.11. The first kappa shape index (κ1) is 9.45. The molecule has 1 fully saturated rings. The topological polar surface area (TPSA) is 79.7 Å². The molecule has 1 unspecified atom stereocenters. The van der Waals surface area contributed by atoms with Crippen LogP contribution in [0, 0.1) is 0 Å². The minimum absolute atomic E-state index is 0.128. The molecule has 1 aromatic heterocycles. The number of carboxylic acid groups (broad SMARTS) is 1.